The summed E-state index contributed by atoms with van der Waals surface area (Å²) in [7, 11) is 0. The third-order valence-corrected chi connectivity index (χ3v) is 2.65. The molecule has 0 aliphatic carbocycles. The normalized spacial score (nSPS) is 11.8. The lowest BCUT2D eigenvalue weighted by molar-refractivity contribution is 0.0996. The van der Waals surface area contributed by atoms with Crippen molar-refractivity contribution < 1.29 is 4.79 Å². The number of amides is 1. The topological polar surface area (TPSA) is 107 Å². The van der Waals surface area contributed by atoms with Crippen LogP contribution in [0.3, 0.4) is 0 Å². The molecule has 5 N–H and O–H groups in total. The molecule has 1 aromatic carbocycles. The first-order valence-electron chi connectivity index (χ1n) is 5.83. The lowest BCUT2D eigenvalue weighted by Crippen LogP contribution is -2.23. The van der Waals surface area contributed by atoms with Gasteiger partial charge in [-0.1, -0.05) is 30.3 Å². The Hall–Kier alpha value is -2.47. The smallest absolute Gasteiger partial charge is 0.271 e. The summed E-state index contributed by atoms with van der Waals surface area (Å²) in [5, 5.41) is 2.99. The average molecular weight is 257 g/mol. The van der Waals surface area contributed by atoms with Crippen LogP contribution in [0.5, 0.6) is 0 Å². The second-order valence-electron chi connectivity index (χ2n) is 4.02. The summed E-state index contributed by atoms with van der Waals surface area (Å²) in [6.07, 6.45) is 2.91. The first-order valence-corrected chi connectivity index (χ1v) is 5.83. The number of primary amides is 1. The van der Waals surface area contributed by atoms with Crippen molar-refractivity contribution in [3.8, 4) is 0 Å². The highest BCUT2D eigenvalue weighted by Crippen LogP contribution is 2.12. The fourth-order valence-electron chi connectivity index (χ4n) is 1.67. The minimum absolute atomic E-state index is 0.114. The molecule has 98 valence electrons. The Labute approximate surface area is 110 Å². The number of anilines is 1. The number of nitrogens with zero attached hydrogens (tertiary/aromatic N) is 2. The van der Waals surface area contributed by atoms with E-state index in [-0.39, 0.29) is 11.7 Å². The van der Waals surface area contributed by atoms with Gasteiger partial charge < -0.3 is 16.8 Å². The molecule has 0 saturated heterocycles. The minimum atomic E-state index is -0.621. The van der Waals surface area contributed by atoms with Crippen molar-refractivity contribution in [1.82, 2.24) is 9.97 Å². The maximum Gasteiger partial charge on any atom is 0.271 e. The van der Waals surface area contributed by atoms with Crippen molar-refractivity contribution in [1.29, 1.82) is 0 Å². The number of carbonyl (C=O) groups excluding carboxylic acids is 1. The summed E-state index contributed by atoms with van der Waals surface area (Å²) in [5.74, 6) is -0.273. The highest BCUT2D eigenvalue weighted by atomic mass is 16.1. The van der Waals surface area contributed by atoms with Gasteiger partial charge in [-0.25, -0.2) is 9.97 Å². The molecule has 0 saturated carbocycles. The molecule has 1 heterocycles. The third-order valence-electron chi connectivity index (χ3n) is 2.65. The Bertz CT molecular complexity index is 558. The largest absolute Gasteiger partial charge is 0.366 e. The van der Waals surface area contributed by atoms with Gasteiger partial charge >= 0.3 is 0 Å². The van der Waals surface area contributed by atoms with E-state index in [0.717, 1.165) is 5.56 Å². The lowest BCUT2D eigenvalue weighted by Gasteiger charge is -2.14. The SMILES string of the molecule is NC(=O)c1nccnc1NCC(N)c1ccccc1. The quantitative estimate of drug-likeness (QED) is 0.730. The molecule has 0 aliphatic heterocycles. The molecule has 1 aromatic heterocycles. The van der Waals surface area contributed by atoms with E-state index in [4.69, 9.17) is 11.5 Å². The summed E-state index contributed by atoms with van der Waals surface area (Å²) in [5.41, 5.74) is 12.4. The zero-order valence-electron chi connectivity index (χ0n) is 10.3. The van der Waals surface area contributed by atoms with E-state index >= 15 is 0 Å². The van der Waals surface area contributed by atoms with Gasteiger partial charge in [-0.2, -0.15) is 0 Å². The van der Waals surface area contributed by atoms with Crippen LogP contribution in [0.25, 0.3) is 0 Å². The first kappa shape index (κ1) is 13.0. The molecular formula is C13H15N5O. The summed E-state index contributed by atoms with van der Waals surface area (Å²) < 4.78 is 0. The predicted molar refractivity (Wildman–Crippen MR) is 72.4 cm³/mol. The van der Waals surface area contributed by atoms with Gasteiger partial charge in [0.2, 0.25) is 0 Å². The number of nitrogens with two attached hydrogens (primary N) is 2. The third kappa shape index (κ3) is 3.26. The lowest BCUT2D eigenvalue weighted by atomic mass is 10.1. The van der Waals surface area contributed by atoms with Crippen LogP contribution in [0, 0.1) is 0 Å². The first-order chi connectivity index (χ1) is 9.18. The van der Waals surface area contributed by atoms with Crippen molar-refractivity contribution in [2.24, 2.45) is 11.5 Å². The van der Waals surface area contributed by atoms with Gasteiger partial charge in [0.25, 0.3) is 5.91 Å². The Kier molecular flexibility index (Phi) is 4.04. The van der Waals surface area contributed by atoms with Gasteiger partial charge in [-0.3, -0.25) is 4.79 Å². The zero-order valence-corrected chi connectivity index (χ0v) is 10.3. The van der Waals surface area contributed by atoms with Crippen LogP contribution in [0.4, 0.5) is 5.82 Å². The predicted octanol–water partition coefficient (Wildman–Crippen LogP) is 0.687. The van der Waals surface area contributed by atoms with E-state index < -0.39 is 5.91 Å². The van der Waals surface area contributed by atoms with Crippen LogP contribution in [-0.2, 0) is 0 Å². The van der Waals surface area contributed by atoms with E-state index in [9.17, 15) is 4.79 Å². The molecule has 2 aromatic rings. The number of rotatable bonds is 5. The number of benzene rings is 1. The Morgan fingerprint density at radius 2 is 1.89 bits per heavy atom. The Morgan fingerprint density at radius 3 is 2.58 bits per heavy atom. The fourth-order valence-corrected chi connectivity index (χ4v) is 1.67. The Balaban J connectivity index is 2.05. The van der Waals surface area contributed by atoms with Crippen molar-refractivity contribution in [3.63, 3.8) is 0 Å². The maximum atomic E-state index is 11.2. The second kappa shape index (κ2) is 5.92. The molecule has 1 atom stereocenters. The van der Waals surface area contributed by atoms with Gasteiger partial charge in [0.15, 0.2) is 11.5 Å². The number of hydrogen-bond donors (Lipinski definition) is 3. The molecule has 1 unspecified atom stereocenters. The van der Waals surface area contributed by atoms with Crippen LogP contribution in [0.15, 0.2) is 42.7 Å². The van der Waals surface area contributed by atoms with Crippen LogP contribution in [0.2, 0.25) is 0 Å². The van der Waals surface area contributed by atoms with Gasteiger partial charge in [0, 0.05) is 25.0 Å². The minimum Gasteiger partial charge on any atom is -0.366 e. The van der Waals surface area contributed by atoms with Crippen LogP contribution < -0.4 is 16.8 Å². The number of nitrogens with one attached hydrogen (secondary N) is 1. The maximum absolute atomic E-state index is 11.2. The standard InChI is InChI=1S/C13H15N5O/c14-10(9-4-2-1-3-5-9)8-18-13-11(12(15)19)16-6-7-17-13/h1-7,10H,8,14H2,(H2,15,19)(H,17,18). The molecule has 2 rings (SSSR count). The molecule has 19 heavy (non-hydrogen) atoms. The molecule has 6 heteroatoms. The van der Waals surface area contributed by atoms with Crippen LogP contribution in [-0.4, -0.2) is 22.4 Å². The molecule has 0 spiro atoms. The van der Waals surface area contributed by atoms with Crippen LogP contribution in [0.1, 0.15) is 22.1 Å². The molecule has 1 amide bonds. The molecule has 0 bridgehead atoms. The summed E-state index contributed by atoms with van der Waals surface area (Å²) >= 11 is 0. The van der Waals surface area contributed by atoms with Gasteiger partial charge in [-0.15, -0.1) is 0 Å². The number of aromatic nitrogens is 2. The average Bonchev–Trinajstić information content (AvgIpc) is 2.46. The Morgan fingerprint density at radius 1 is 1.21 bits per heavy atom. The highest BCUT2D eigenvalue weighted by molar-refractivity contribution is 5.95. The zero-order chi connectivity index (χ0) is 13.7. The van der Waals surface area contributed by atoms with E-state index in [2.05, 4.69) is 15.3 Å². The molecule has 0 fully saturated rings. The van der Waals surface area contributed by atoms with Gasteiger partial charge in [-0.05, 0) is 5.56 Å². The van der Waals surface area contributed by atoms with Crippen molar-refractivity contribution in [2.45, 2.75) is 6.04 Å². The number of hydrogen-bond acceptors (Lipinski definition) is 5. The summed E-state index contributed by atoms with van der Waals surface area (Å²) in [6.45, 7) is 0.434. The van der Waals surface area contributed by atoms with E-state index in [1.54, 1.807) is 0 Å². The summed E-state index contributed by atoms with van der Waals surface area (Å²) in [4.78, 5) is 19.1. The highest BCUT2D eigenvalue weighted by Gasteiger charge is 2.12. The number of carbonyl (C=O) groups is 1. The van der Waals surface area contributed by atoms with Crippen molar-refractivity contribution >= 4 is 11.7 Å². The van der Waals surface area contributed by atoms with Crippen molar-refractivity contribution in [3.05, 3.63) is 54.0 Å². The molecule has 0 radical (unpaired) electrons. The molecule has 0 aliphatic rings. The van der Waals surface area contributed by atoms with E-state index in [0.29, 0.717) is 12.4 Å². The molecule has 6 nitrogen and oxygen atoms in total. The van der Waals surface area contributed by atoms with E-state index in [1.165, 1.54) is 12.4 Å². The van der Waals surface area contributed by atoms with Gasteiger partial charge in [0.05, 0.1) is 0 Å². The molecular weight excluding hydrogens is 242 g/mol. The van der Waals surface area contributed by atoms with E-state index in [1.807, 2.05) is 30.3 Å². The van der Waals surface area contributed by atoms with Crippen molar-refractivity contribution in [2.75, 3.05) is 11.9 Å². The fraction of sp³-hybridized carbons (Fsp3) is 0.154. The second-order valence-corrected chi connectivity index (χ2v) is 4.02. The summed E-state index contributed by atoms with van der Waals surface area (Å²) in [6, 6.07) is 9.45. The monoisotopic (exact) mass is 257 g/mol. The van der Waals surface area contributed by atoms with Crippen LogP contribution >= 0.6 is 0 Å². The van der Waals surface area contributed by atoms with Gasteiger partial charge in [0.1, 0.15) is 0 Å².